The van der Waals surface area contributed by atoms with Gasteiger partial charge in [-0.2, -0.15) is 4.31 Å². The Bertz CT molecular complexity index is 551. The number of aryl methyl sites for hydroxylation is 1. The van der Waals surface area contributed by atoms with Gasteiger partial charge in [0.05, 0.1) is 17.0 Å². The number of ether oxygens (including phenoxy) is 1. The van der Waals surface area contributed by atoms with Crippen LogP contribution in [0.3, 0.4) is 0 Å². The van der Waals surface area contributed by atoms with Gasteiger partial charge < -0.3 is 10.5 Å². The molecular weight excluding hydrogens is 264 g/mol. The summed E-state index contributed by atoms with van der Waals surface area (Å²) in [4.78, 5) is 0.242. The van der Waals surface area contributed by atoms with Crippen molar-refractivity contribution in [1.29, 1.82) is 0 Å². The zero-order valence-electron chi connectivity index (χ0n) is 11.5. The highest BCUT2D eigenvalue weighted by Crippen LogP contribution is 2.26. The number of benzene rings is 1. The van der Waals surface area contributed by atoms with E-state index in [0.29, 0.717) is 12.3 Å². The van der Waals surface area contributed by atoms with Crippen LogP contribution < -0.4 is 5.73 Å². The van der Waals surface area contributed by atoms with E-state index in [9.17, 15) is 8.42 Å². The highest BCUT2D eigenvalue weighted by molar-refractivity contribution is 7.89. The SMILES string of the molecule is Cc1cc(N)cc(S(=O)(=O)N(C)C2CCOC2C)c1. The summed E-state index contributed by atoms with van der Waals surface area (Å²) in [6.45, 7) is 4.33. The molecule has 1 heterocycles. The molecule has 5 nitrogen and oxygen atoms in total. The fourth-order valence-corrected chi connectivity index (χ4v) is 4.05. The molecule has 2 rings (SSSR count). The van der Waals surface area contributed by atoms with Crippen molar-refractivity contribution in [2.24, 2.45) is 0 Å². The predicted octanol–water partition coefficient (Wildman–Crippen LogP) is 1.38. The monoisotopic (exact) mass is 284 g/mol. The lowest BCUT2D eigenvalue weighted by molar-refractivity contribution is 0.102. The molecule has 0 aliphatic carbocycles. The van der Waals surface area contributed by atoms with E-state index in [1.807, 2.05) is 13.8 Å². The normalized spacial score (nSPS) is 24.0. The van der Waals surface area contributed by atoms with E-state index in [1.165, 1.54) is 10.4 Å². The van der Waals surface area contributed by atoms with E-state index in [2.05, 4.69) is 0 Å². The number of hydrogen-bond acceptors (Lipinski definition) is 4. The van der Waals surface area contributed by atoms with E-state index in [-0.39, 0.29) is 17.0 Å². The van der Waals surface area contributed by atoms with Crippen molar-refractivity contribution >= 4 is 15.7 Å². The van der Waals surface area contributed by atoms with E-state index in [4.69, 9.17) is 10.5 Å². The number of hydrogen-bond donors (Lipinski definition) is 1. The third-order valence-corrected chi connectivity index (χ3v) is 5.41. The van der Waals surface area contributed by atoms with Crippen LogP contribution in [0.15, 0.2) is 23.1 Å². The Morgan fingerprint density at radius 2 is 2.05 bits per heavy atom. The minimum Gasteiger partial charge on any atom is -0.399 e. The van der Waals surface area contributed by atoms with Crippen molar-refractivity contribution in [1.82, 2.24) is 4.31 Å². The molecule has 1 saturated heterocycles. The highest BCUT2D eigenvalue weighted by Gasteiger charge is 2.35. The molecule has 1 fully saturated rings. The Morgan fingerprint density at radius 3 is 2.58 bits per heavy atom. The summed E-state index contributed by atoms with van der Waals surface area (Å²) in [6.07, 6.45) is 0.639. The Morgan fingerprint density at radius 1 is 1.37 bits per heavy atom. The number of nitrogens with two attached hydrogens (primary N) is 1. The molecule has 1 aromatic carbocycles. The molecule has 0 aromatic heterocycles. The number of rotatable bonds is 3. The van der Waals surface area contributed by atoms with E-state index in [0.717, 1.165) is 12.0 Å². The summed E-state index contributed by atoms with van der Waals surface area (Å²) in [6, 6.07) is 4.77. The lowest BCUT2D eigenvalue weighted by Gasteiger charge is -2.26. The van der Waals surface area contributed by atoms with Gasteiger partial charge in [0.2, 0.25) is 10.0 Å². The van der Waals surface area contributed by atoms with Gasteiger partial charge in [0.25, 0.3) is 0 Å². The molecule has 6 heteroatoms. The smallest absolute Gasteiger partial charge is 0.243 e. The summed E-state index contributed by atoms with van der Waals surface area (Å²) in [5.41, 5.74) is 7.03. The third kappa shape index (κ3) is 2.75. The minimum atomic E-state index is -3.53. The molecular formula is C13H20N2O3S. The van der Waals surface area contributed by atoms with Crippen molar-refractivity contribution < 1.29 is 13.2 Å². The molecule has 2 atom stereocenters. The molecule has 0 bridgehead atoms. The van der Waals surface area contributed by atoms with Gasteiger partial charge in [0.15, 0.2) is 0 Å². The maximum absolute atomic E-state index is 12.6. The first-order valence-electron chi connectivity index (χ1n) is 6.29. The van der Waals surface area contributed by atoms with Crippen LogP contribution in [0.4, 0.5) is 5.69 Å². The topological polar surface area (TPSA) is 72.6 Å². The van der Waals surface area contributed by atoms with Gasteiger partial charge in [-0.1, -0.05) is 0 Å². The fraction of sp³-hybridized carbons (Fsp3) is 0.538. The van der Waals surface area contributed by atoms with Crippen molar-refractivity contribution in [2.45, 2.75) is 37.3 Å². The van der Waals surface area contributed by atoms with Gasteiger partial charge >= 0.3 is 0 Å². The molecule has 1 aromatic rings. The van der Waals surface area contributed by atoms with Crippen LogP contribution in [0.25, 0.3) is 0 Å². The van der Waals surface area contributed by atoms with Crippen molar-refractivity contribution in [3.8, 4) is 0 Å². The van der Waals surface area contributed by atoms with Crippen molar-refractivity contribution in [2.75, 3.05) is 19.4 Å². The van der Waals surface area contributed by atoms with Gasteiger partial charge in [-0.3, -0.25) is 0 Å². The lowest BCUT2D eigenvalue weighted by atomic mass is 10.2. The van der Waals surface area contributed by atoms with E-state index in [1.54, 1.807) is 19.2 Å². The largest absolute Gasteiger partial charge is 0.399 e. The number of likely N-dealkylation sites (N-methyl/N-ethyl adjacent to an activating group) is 1. The summed E-state index contributed by atoms with van der Waals surface area (Å²) in [5, 5.41) is 0. The standard InChI is InChI=1S/C13H20N2O3S/c1-9-6-11(14)8-12(7-9)19(16,17)15(3)13-4-5-18-10(13)2/h6-8,10,13H,4-5,14H2,1-3H3. The molecule has 19 heavy (non-hydrogen) atoms. The zero-order chi connectivity index (χ0) is 14.2. The molecule has 2 N–H and O–H groups in total. The zero-order valence-corrected chi connectivity index (χ0v) is 12.3. The van der Waals surface area contributed by atoms with Gasteiger partial charge in [-0.25, -0.2) is 8.42 Å². The molecule has 0 spiro atoms. The number of sulfonamides is 1. The maximum atomic E-state index is 12.6. The Kier molecular flexibility index (Phi) is 3.85. The van der Waals surface area contributed by atoms with Gasteiger partial charge in [-0.05, 0) is 44.0 Å². The number of anilines is 1. The minimum absolute atomic E-state index is 0.0815. The van der Waals surface area contributed by atoms with Crippen LogP contribution in [-0.2, 0) is 14.8 Å². The van der Waals surface area contributed by atoms with Crippen LogP contribution in [0.2, 0.25) is 0 Å². The Labute approximate surface area is 114 Å². The second-order valence-corrected chi connectivity index (χ2v) is 7.03. The molecule has 0 radical (unpaired) electrons. The molecule has 106 valence electrons. The number of nitrogens with zero attached hydrogens (tertiary/aromatic N) is 1. The first kappa shape index (κ1) is 14.3. The van der Waals surface area contributed by atoms with Gasteiger partial charge in [0.1, 0.15) is 0 Å². The third-order valence-electron chi connectivity index (χ3n) is 3.55. The van der Waals surface area contributed by atoms with Crippen molar-refractivity contribution in [3.05, 3.63) is 23.8 Å². The van der Waals surface area contributed by atoms with Gasteiger partial charge in [-0.15, -0.1) is 0 Å². The quantitative estimate of drug-likeness (QED) is 0.851. The maximum Gasteiger partial charge on any atom is 0.243 e. The van der Waals surface area contributed by atoms with Crippen LogP contribution in [0, 0.1) is 6.92 Å². The molecule has 1 aliphatic rings. The number of nitrogen functional groups attached to an aromatic ring is 1. The van der Waals surface area contributed by atoms with E-state index < -0.39 is 10.0 Å². The molecule has 2 unspecified atom stereocenters. The van der Waals surface area contributed by atoms with E-state index >= 15 is 0 Å². The summed E-state index contributed by atoms with van der Waals surface area (Å²) in [5.74, 6) is 0. The average Bonchev–Trinajstić information content (AvgIpc) is 2.73. The van der Waals surface area contributed by atoms with Crippen LogP contribution in [0.5, 0.6) is 0 Å². The van der Waals surface area contributed by atoms with Gasteiger partial charge in [0, 0.05) is 19.3 Å². The average molecular weight is 284 g/mol. The molecule has 0 saturated carbocycles. The fourth-order valence-electron chi connectivity index (χ4n) is 2.47. The van der Waals surface area contributed by atoms with Crippen LogP contribution in [-0.4, -0.2) is 38.5 Å². The van der Waals surface area contributed by atoms with Crippen LogP contribution in [0.1, 0.15) is 18.9 Å². The Balaban J connectivity index is 2.36. The summed E-state index contributed by atoms with van der Waals surface area (Å²) >= 11 is 0. The van der Waals surface area contributed by atoms with Crippen LogP contribution >= 0.6 is 0 Å². The second kappa shape index (κ2) is 5.11. The highest BCUT2D eigenvalue weighted by atomic mass is 32.2. The first-order valence-corrected chi connectivity index (χ1v) is 7.73. The second-order valence-electron chi connectivity index (χ2n) is 5.03. The Hall–Kier alpha value is -1.11. The predicted molar refractivity (Wildman–Crippen MR) is 74.4 cm³/mol. The van der Waals surface area contributed by atoms with Crippen molar-refractivity contribution in [3.63, 3.8) is 0 Å². The lowest BCUT2D eigenvalue weighted by Crippen LogP contribution is -2.40. The summed E-state index contributed by atoms with van der Waals surface area (Å²) < 4.78 is 32.0. The molecule has 1 aliphatic heterocycles. The molecule has 0 amide bonds. The first-order chi connectivity index (χ1) is 8.82. The summed E-state index contributed by atoms with van der Waals surface area (Å²) in [7, 11) is -1.93.